The Morgan fingerprint density at radius 3 is 2.59 bits per heavy atom. The molecule has 4 rings (SSSR count). The van der Waals surface area contributed by atoms with Crippen LogP contribution in [0, 0.1) is 0 Å². The number of hydrogen-bond donors (Lipinski definition) is 1. The van der Waals surface area contributed by atoms with Crippen molar-refractivity contribution in [3.63, 3.8) is 0 Å². The van der Waals surface area contributed by atoms with E-state index in [-0.39, 0.29) is 12.6 Å². The molecule has 29 heavy (non-hydrogen) atoms. The number of nitrogens with one attached hydrogen (secondary N) is 1. The largest absolute Gasteiger partial charge is 0.486 e. The fourth-order valence-electron chi connectivity index (χ4n) is 3.37. The Morgan fingerprint density at radius 2 is 1.83 bits per heavy atom. The lowest BCUT2D eigenvalue weighted by Gasteiger charge is -2.34. The standard InChI is InChI=1S/C20H22N2O6S/c1-13(14-7-8-17-18(11-14)27-10-9-26-17)21-20(23)19-12-22(29(2,24)25)15-5-3-4-6-16(15)28-19/h3-8,11,13,19H,9-10,12H2,1-2H3,(H,21,23). The molecule has 9 heteroatoms. The molecule has 1 N–H and O–H groups in total. The quantitative estimate of drug-likeness (QED) is 0.815. The molecular formula is C20H22N2O6S. The van der Waals surface area contributed by atoms with Crippen LogP contribution in [0.1, 0.15) is 18.5 Å². The molecule has 1 amide bonds. The average molecular weight is 418 g/mol. The van der Waals surface area contributed by atoms with E-state index < -0.39 is 22.0 Å². The molecule has 0 bridgehead atoms. The summed E-state index contributed by atoms with van der Waals surface area (Å²) in [6, 6.07) is 11.9. The second-order valence-electron chi connectivity index (χ2n) is 7.00. The van der Waals surface area contributed by atoms with Gasteiger partial charge in [-0.3, -0.25) is 9.10 Å². The van der Waals surface area contributed by atoms with Gasteiger partial charge in [-0.25, -0.2) is 8.42 Å². The normalized spacial score (nSPS) is 19.0. The molecule has 0 aromatic heterocycles. The second kappa shape index (κ2) is 7.47. The summed E-state index contributed by atoms with van der Waals surface area (Å²) in [6.45, 7) is 2.74. The van der Waals surface area contributed by atoms with Gasteiger partial charge in [-0.1, -0.05) is 18.2 Å². The van der Waals surface area contributed by atoms with E-state index in [9.17, 15) is 13.2 Å². The van der Waals surface area contributed by atoms with Crippen LogP contribution in [-0.2, 0) is 14.8 Å². The van der Waals surface area contributed by atoms with Gasteiger partial charge in [0.05, 0.1) is 24.5 Å². The summed E-state index contributed by atoms with van der Waals surface area (Å²) in [5.74, 6) is 1.28. The highest BCUT2D eigenvalue weighted by Crippen LogP contribution is 2.35. The van der Waals surface area contributed by atoms with Crippen LogP contribution in [0.25, 0.3) is 0 Å². The van der Waals surface area contributed by atoms with Gasteiger partial charge in [0.25, 0.3) is 5.91 Å². The molecular weight excluding hydrogens is 396 g/mol. The number of ether oxygens (including phenoxy) is 3. The predicted octanol–water partition coefficient (Wildman–Crippen LogP) is 1.86. The highest BCUT2D eigenvalue weighted by Gasteiger charge is 2.35. The lowest BCUT2D eigenvalue weighted by molar-refractivity contribution is -0.128. The third kappa shape index (κ3) is 3.95. The van der Waals surface area contributed by atoms with Gasteiger partial charge in [-0.15, -0.1) is 0 Å². The van der Waals surface area contributed by atoms with Gasteiger partial charge in [0.15, 0.2) is 17.6 Å². The number of carbonyl (C=O) groups excluding carboxylic acids is 1. The van der Waals surface area contributed by atoms with E-state index in [1.807, 2.05) is 25.1 Å². The van der Waals surface area contributed by atoms with Crippen LogP contribution in [0.3, 0.4) is 0 Å². The van der Waals surface area contributed by atoms with Gasteiger partial charge in [0.2, 0.25) is 10.0 Å². The summed E-state index contributed by atoms with van der Waals surface area (Å²) in [4.78, 5) is 12.8. The summed E-state index contributed by atoms with van der Waals surface area (Å²) >= 11 is 0. The molecule has 2 unspecified atom stereocenters. The van der Waals surface area contributed by atoms with E-state index in [0.717, 1.165) is 11.8 Å². The Bertz CT molecular complexity index is 1040. The maximum Gasteiger partial charge on any atom is 0.263 e. The number of sulfonamides is 1. The van der Waals surface area contributed by atoms with Gasteiger partial charge in [0.1, 0.15) is 19.0 Å². The van der Waals surface area contributed by atoms with Crippen molar-refractivity contribution in [3.05, 3.63) is 48.0 Å². The van der Waals surface area contributed by atoms with Crippen LogP contribution in [0.5, 0.6) is 17.2 Å². The van der Waals surface area contributed by atoms with E-state index >= 15 is 0 Å². The Morgan fingerprint density at radius 1 is 1.10 bits per heavy atom. The molecule has 2 aromatic rings. The van der Waals surface area contributed by atoms with Crippen molar-refractivity contribution >= 4 is 21.6 Å². The number of benzene rings is 2. The number of nitrogens with zero attached hydrogens (tertiary/aromatic N) is 1. The zero-order chi connectivity index (χ0) is 20.6. The third-order valence-corrected chi connectivity index (χ3v) is 6.00. The summed E-state index contributed by atoms with van der Waals surface area (Å²) in [7, 11) is -3.55. The minimum Gasteiger partial charge on any atom is -0.486 e. The number of amides is 1. The minimum absolute atomic E-state index is 0.0878. The number of rotatable bonds is 4. The minimum atomic E-state index is -3.55. The van der Waals surface area contributed by atoms with E-state index in [1.165, 1.54) is 4.31 Å². The summed E-state index contributed by atoms with van der Waals surface area (Å²) < 4.78 is 42.5. The van der Waals surface area contributed by atoms with Crippen molar-refractivity contribution in [1.29, 1.82) is 0 Å². The molecule has 8 nitrogen and oxygen atoms in total. The monoisotopic (exact) mass is 418 g/mol. The summed E-state index contributed by atoms with van der Waals surface area (Å²) in [5, 5.41) is 2.89. The van der Waals surface area contributed by atoms with Crippen molar-refractivity contribution in [2.75, 3.05) is 30.3 Å². The molecule has 0 fully saturated rings. The van der Waals surface area contributed by atoms with Crippen molar-refractivity contribution in [2.24, 2.45) is 0 Å². The van der Waals surface area contributed by atoms with Gasteiger partial charge in [-0.2, -0.15) is 0 Å². The van der Waals surface area contributed by atoms with E-state index in [2.05, 4.69) is 5.32 Å². The number of fused-ring (bicyclic) bond motifs is 2. The van der Waals surface area contributed by atoms with E-state index in [0.29, 0.717) is 36.1 Å². The predicted molar refractivity (Wildman–Crippen MR) is 107 cm³/mol. The highest BCUT2D eigenvalue weighted by atomic mass is 32.2. The highest BCUT2D eigenvalue weighted by molar-refractivity contribution is 7.92. The molecule has 2 aliphatic heterocycles. The number of para-hydroxylation sites is 2. The van der Waals surface area contributed by atoms with E-state index in [4.69, 9.17) is 14.2 Å². The third-order valence-electron chi connectivity index (χ3n) is 4.85. The summed E-state index contributed by atoms with van der Waals surface area (Å²) in [6.07, 6.45) is 0.154. The van der Waals surface area contributed by atoms with Crippen molar-refractivity contribution in [2.45, 2.75) is 19.1 Å². The number of anilines is 1. The first-order chi connectivity index (χ1) is 13.8. The maximum absolute atomic E-state index is 12.8. The number of hydrogen-bond acceptors (Lipinski definition) is 6. The Labute approximate surface area is 169 Å². The van der Waals surface area contributed by atoms with Crippen molar-refractivity contribution < 1.29 is 27.4 Å². The van der Waals surface area contributed by atoms with Crippen molar-refractivity contribution in [1.82, 2.24) is 5.32 Å². The molecule has 0 spiro atoms. The molecule has 0 aliphatic carbocycles. The Balaban J connectivity index is 1.51. The zero-order valence-corrected chi connectivity index (χ0v) is 16.9. The van der Waals surface area contributed by atoms with Crippen LogP contribution in [-0.4, -0.2) is 46.4 Å². The van der Waals surface area contributed by atoms with Gasteiger partial charge < -0.3 is 19.5 Å². The van der Waals surface area contributed by atoms with Crippen LogP contribution >= 0.6 is 0 Å². The van der Waals surface area contributed by atoms with E-state index in [1.54, 1.807) is 24.3 Å². The fourth-order valence-corrected chi connectivity index (χ4v) is 4.29. The van der Waals surface area contributed by atoms with Crippen LogP contribution in [0.4, 0.5) is 5.69 Å². The topological polar surface area (TPSA) is 94.2 Å². The Hall–Kier alpha value is -2.94. The average Bonchev–Trinajstić information content (AvgIpc) is 2.71. The lowest BCUT2D eigenvalue weighted by atomic mass is 10.1. The van der Waals surface area contributed by atoms with Gasteiger partial charge in [0, 0.05) is 0 Å². The molecule has 154 valence electrons. The zero-order valence-electron chi connectivity index (χ0n) is 16.1. The van der Waals surface area contributed by atoms with Crippen LogP contribution < -0.4 is 23.8 Å². The smallest absolute Gasteiger partial charge is 0.263 e. The first-order valence-corrected chi connectivity index (χ1v) is 11.1. The van der Waals surface area contributed by atoms with Gasteiger partial charge >= 0.3 is 0 Å². The SMILES string of the molecule is CC(NC(=O)C1CN(S(C)(=O)=O)c2ccccc2O1)c1ccc2c(c1)OCCO2. The second-order valence-corrected chi connectivity index (χ2v) is 8.91. The first kappa shape index (κ1) is 19.4. The summed E-state index contributed by atoms with van der Waals surface area (Å²) in [5.41, 5.74) is 1.28. The molecule has 2 aliphatic rings. The number of carbonyl (C=O) groups is 1. The van der Waals surface area contributed by atoms with Crippen LogP contribution in [0.15, 0.2) is 42.5 Å². The van der Waals surface area contributed by atoms with Crippen molar-refractivity contribution in [3.8, 4) is 17.2 Å². The molecule has 2 heterocycles. The molecule has 0 radical (unpaired) electrons. The van der Waals surface area contributed by atoms with Gasteiger partial charge in [-0.05, 0) is 36.8 Å². The molecule has 2 aromatic carbocycles. The lowest BCUT2D eigenvalue weighted by Crippen LogP contribution is -2.50. The first-order valence-electron chi connectivity index (χ1n) is 9.26. The molecule has 2 atom stereocenters. The molecule has 0 saturated carbocycles. The maximum atomic E-state index is 12.8. The fraction of sp³-hybridized carbons (Fsp3) is 0.350. The molecule has 0 saturated heterocycles. The Kier molecular flexibility index (Phi) is 4.99. The van der Waals surface area contributed by atoms with Crippen LogP contribution in [0.2, 0.25) is 0 Å².